The van der Waals surface area contributed by atoms with Gasteiger partial charge >= 0.3 is 5.97 Å². The van der Waals surface area contributed by atoms with Gasteiger partial charge in [-0.25, -0.2) is 4.79 Å². The van der Waals surface area contributed by atoms with Crippen molar-refractivity contribution in [3.63, 3.8) is 0 Å². The number of rotatable bonds is 6. The lowest BCUT2D eigenvalue weighted by Crippen LogP contribution is -2.28. The van der Waals surface area contributed by atoms with Gasteiger partial charge in [-0.2, -0.15) is 0 Å². The molecule has 0 amide bonds. The highest BCUT2D eigenvalue weighted by atomic mass is 16.5. The molecule has 0 spiro atoms. The van der Waals surface area contributed by atoms with Crippen molar-refractivity contribution in [2.24, 2.45) is 0 Å². The van der Waals surface area contributed by atoms with Crippen LogP contribution in [0.25, 0.3) is 0 Å². The van der Waals surface area contributed by atoms with E-state index in [0.29, 0.717) is 12.2 Å². The molecule has 3 heteroatoms. The quantitative estimate of drug-likeness (QED) is 0.773. The Hall–Kier alpha value is -1.51. The van der Waals surface area contributed by atoms with Gasteiger partial charge in [-0.15, -0.1) is 0 Å². The molecule has 0 aliphatic carbocycles. The molecular formula is C20H32O3. The maximum atomic E-state index is 11.5. The average molecular weight is 320 g/mol. The first-order chi connectivity index (χ1) is 10.5. The lowest BCUT2D eigenvalue weighted by molar-refractivity contribution is -0.145. The fraction of sp³-hybridized carbons (Fsp3) is 0.650. The summed E-state index contributed by atoms with van der Waals surface area (Å²) in [7, 11) is 0. The monoisotopic (exact) mass is 320 g/mol. The van der Waals surface area contributed by atoms with Crippen LogP contribution in [0.4, 0.5) is 0 Å². The highest BCUT2D eigenvalue weighted by Gasteiger charge is 2.26. The fourth-order valence-corrected chi connectivity index (χ4v) is 2.46. The van der Waals surface area contributed by atoms with E-state index in [1.54, 1.807) is 0 Å². The fourth-order valence-electron chi connectivity index (χ4n) is 2.46. The van der Waals surface area contributed by atoms with Crippen LogP contribution in [0.1, 0.15) is 78.9 Å². The average Bonchev–Trinajstić information content (AvgIpc) is 2.40. The molecule has 0 aromatic heterocycles. The molecule has 1 rings (SSSR count). The molecule has 1 aromatic carbocycles. The van der Waals surface area contributed by atoms with Crippen LogP contribution in [0, 0.1) is 0 Å². The second kappa shape index (κ2) is 7.37. The highest BCUT2D eigenvalue weighted by Crippen LogP contribution is 2.36. The number of hydrogen-bond donors (Lipinski definition) is 1. The van der Waals surface area contributed by atoms with Crippen LogP contribution >= 0.6 is 0 Å². The van der Waals surface area contributed by atoms with Gasteiger partial charge < -0.3 is 9.84 Å². The maximum Gasteiger partial charge on any atom is 0.344 e. The van der Waals surface area contributed by atoms with Gasteiger partial charge in [-0.05, 0) is 40.9 Å². The molecule has 1 N–H and O–H groups in total. The lowest BCUT2D eigenvalue weighted by atomic mass is 9.80. The van der Waals surface area contributed by atoms with Crippen LogP contribution in [0.3, 0.4) is 0 Å². The number of ether oxygens (including phenoxy) is 1. The van der Waals surface area contributed by atoms with Gasteiger partial charge in [-0.1, -0.05) is 67.0 Å². The minimum atomic E-state index is -0.891. The summed E-state index contributed by atoms with van der Waals surface area (Å²) in [4.78, 5) is 11.5. The van der Waals surface area contributed by atoms with E-state index in [-0.39, 0.29) is 10.8 Å². The third-order valence-electron chi connectivity index (χ3n) is 4.02. The Morgan fingerprint density at radius 3 is 2.17 bits per heavy atom. The summed E-state index contributed by atoms with van der Waals surface area (Å²) in [6.45, 7) is 15.0. The predicted octanol–water partition coefficient (Wildman–Crippen LogP) is 5.30. The molecule has 3 nitrogen and oxygen atoms in total. The second-order valence-electron chi connectivity index (χ2n) is 8.30. The van der Waals surface area contributed by atoms with Crippen molar-refractivity contribution in [2.45, 2.75) is 84.7 Å². The van der Waals surface area contributed by atoms with E-state index < -0.39 is 12.1 Å². The van der Waals surface area contributed by atoms with Crippen LogP contribution < -0.4 is 4.74 Å². The van der Waals surface area contributed by atoms with Crippen LogP contribution in [0.15, 0.2) is 18.2 Å². The molecule has 130 valence electrons. The first kappa shape index (κ1) is 19.5. The SMILES string of the molecule is CCCCC(Oc1ccc(C(C)(C)C)cc1C(C)(C)C)C(=O)O. The summed E-state index contributed by atoms with van der Waals surface area (Å²) in [5.41, 5.74) is 2.24. The summed E-state index contributed by atoms with van der Waals surface area (Å²) in [5, 5.41) is 9.41. The molecule has 0 heterocycles. The minimum absolute atomic E-state index is 0.0486. The maximum absolute atomic E-state index is 11.5. The smallest absolute Gasteiger partial charge is 0.344 e. The molecule has 1 atom stereocenters. The van der Waals surface area contributed by atoms with Crippen molar-refractivity contribution < 1.29 is 14.6 Å². The van der Waals surface area contributed by atoms with E-state index in [0.717, 1.165) is 18.4 Å². The number of carboxylic acid groups (broad SMARTS) is 1. The first-order valence-corrected chi connectivity index (χ1v) is 8.51. The molecule has 0 fully saturated rings. The van der Waals surface area contributed by atoms with E-state index in [1.807, 2.05) is 12.1 Å². The zero-order chi connectivity index (χ0) is 17.8. The van der Waals surface area contributed by atoms with Crippen LogP contribution in [0.5, 0.6) is 5.75 Å². The molecule has 0 saturated carbocycles. The third-order valence-corrected chi connectivity index (χ3v) is 4.02. The zero-order valence-electron chi connectivity index (χ0n) is 15.7. The first-order valence-electron chi connectivity index (χ1n) is 8.51. The normalized spacial score (nSPS) is 13.7. The van der Waals surface area contributed by atoms with Crippen LogP contribution in [0.2, 0.25) is 0 Å². The van der Waals surface area contributed by atoms with Gasteiger partial charge in [0.05, 0.1) is 0 Å². The van der Waals surface area contributed by atoms with Gasteiger partial charge in [0.2, 0.25) is 0 Å². The molecule has 1 aromatic rings. The Balaban J connectivity index is 3.21. The van der Waals surface area contributed by atoms with Gasteiger partial charge in [0.1, 0.15) is 5.75 Å². The van der Waals surface area contributed by atoms with E-state index in [9.17, 15) is 9.90 Å². The van der Waals surface area contributed by atoms with Crippen molar-refractivity contribution in [1.29, 1.82) is 0 Å². The van der Waals surface area contributed by atoms with Crippen molar-refractivity contribution in [3.05, 3.63) is 29.3 Å². The Bertz CT molecular complexity index is 533. The van der Waals surface area contributed by atoms with E-state index >= 15 is 0 Å². The molecule has 0 aliphatic heterocycles. The Kier molecular flexibility index (Phi) is 6.26. The topological polar surface area (TPSA) is 46.5 Å². The van der Waals surface area contributed by atoms with Gasteiger partial charge in [-0.3, -0.25) is 0 Å². The molecule has 23 heavy (non-hydrogen) atoms. The molecule has 0 saturated heterocycles. The van der Waals surface area contributed by atoms with Crippen molar-refractivity contribution in [2.75, 3.05) is 0 Å². The van der Waals surface area contributed by atoms with Crippen LogP contribution in [-0.4, -0.2) is 17.2 Å². The number of hydrogen-bond acceptors (Lipinski definition) is 2. The summed E-state index contributed by atoms with van der Waals surface area (Å²) < 4.78 is 5.90. The van der Waals surface area contributed by atoms with E-state index in [1.165, 1.54) is 5.56 Å². The second-order valence-corrected chi connectivity index (χ2v) is 8.30. The largest absolute Gasteiger partial charge is 0.479 e. The molecule has 1 unspecified atom stereocenters. The van der Waals surface area contributed by atoms with E-state index in [2.05, 4.69) is 54.5 Å². The molecule has 0 bridgehead atoms. The number of unbranched alkanes of at least 4 members (excludes halogenated alkanes) is 1. The zero-order valence-corrected chi connectivity index (χ0v) is 15.7. The van der Waals surface area contributed by atoms with Crippen LogP contribution in [-0.2, 0) is 15.6 Å². The summed E-state index contributed by atoms with van der Waals surface area (Å²) in [5.74, 6) is -0.202. The Labute approximate surface area is 141 Å². The van der Waals surface area contributed by atoms with Crippen molar-refractivity contribution >= 4 is 5.97 Å². The molecule has 0 radical (unpaired) electrons. The van der Waals surface area contributed by atoms with Crippen molar-refractivity contribution in [1.82, 2.24) is 0 Å². The van der Waals surface area contributed by atoms with Gasteiger partial charge in [0.15, 0.2) is 6.10 Å². The number of benzene rings is 1. The number of aliphatic carboxylic acids is 1. The minimum Gasteiger partial charge on any atom is -0.479 e. The Morgan fingerprint density at radius 2 is 1.74 bits per heavy atom. The molecule has 0 aliphatic rings. The number of carbonyl (C=O) groups is 1. The molecular weight excluding hydrogens is 288 g/mol. The predicted molar refractivity (Wildman–Crippen MR) is 95.4 cm³/mol. The highest BCUT2D eigenvalue weighted by molar-refractivity contribution is 5.72. The third kappa shape index (κ3) is 5.56. The lowest BCUT2D eigenvalue weighted by Gasteiger charge is -2.28. The summed E-state index contributed by atoms with van der Waals surface area (Å²) in [6, 6.07) is 6.14. The van der Waals surface area contributed by atoms with Gasteiger partial charge in [0.25, 0.3) is 0 Å². The standard InChI is InChI=1S/C20H32O3/c1-8-9-10-17(18(21)22)23-16-12-11-14(19(2,3)4)13-15(16)20(5,6)7/h11-13,17H,8-10H2,1-7H3,(H,21,22). The number of carboxylic acids is 1. The summed E-state index contributed by atoms with van der Waals surface area (Å²) in [6.07, 6.45) is 1.57. The van der Waals surface area contributed by atoms with Gasteiger partial charge in [0, 0.05) is 0 Å². The Morgan fingerprint density at radius 1 is 1.13 bits per heavy atom. The summed E-state index contributed by atoms with van der Waals surface area (Å²) >= 11 is 0. The van der Waals surface area contributed by atoms with E-state index in [4.69, 9.17) is 4.74 Å². The van der Waals surface area contributed by atoms with Crippen molar-refractivity contribution in [3.8, 4) is 5.75 Å².